The Balaban J connectivity index is 1.22. The first-order valence-electron chi connectivity index (χ1n) is 24.2. The molecule has 0 spiro atoms. The lowest BCUT2D eigenvalue weighted by atomic mass is 9.66. The molecule has 0 aromatic heterocycles. The van der Waals surface area contributed by atoms with Crippen LogP contribution in [0.25, 0.3) is 50.1 Å². The van der Waals surface area contributed by atoms with Crippen molar-refractivity contribution in [2.75, 3.05) is 0 Å². The van der Waals surface area contributed by atoms with E-state index in [2.05, 4.69) is 288 Å². The first-order chi connectivity index (χ1) is 33.5. The molecule has 0 bridgehead atoms. The van der Waals surface area contributed by atoms with Crippen LogP contribution < -0.4 is 0 Å². The molecule has 1 atom stereocenters. The molecule has 0 saturated carbocycles. The van der Waals surface area contributed by atoms with Crippen LogP contribution in [0.1, 0.15) is 88.9 Å². The van der Waals surface area contributed by atoms with Gasteiger partial charge in [0.25, 0.3) is 0 Å². The fourth-order valence-corrected chi connectivity index (χ4v) is 11.7. The standard InChI is InChI=1S/C68H55I/c1-7-54(69)39-35-46(3)58-44-64-60(56-40-38-52(66(4,5)6)42-63(56)67(64,49-22-11-8-12-23-49)50-24-13-9-14-25-50)43-59(58)48-21-19-28-53(41-48)68(51-26-15-10-16-27-51)61-31-18-17-29-57(61)65-55(30-20-32-62(65)68)47-36-33-45(2)34-37-47/h7-44H,3H2,1-2,4-6H3/b39-35-,54-7+. The zero-order valence-corrected chi connectivity index (χ0v) is 42.2. The average Bonchev–Trinajstić information content (AvgIpc) is 3.86. The maximum absolute atomic E-state index is 4.88. The van der Waals surface area contributed by atoms with Gasteiger partial charge >= 0.3 is 0 Å². The van der Waals surface area contributed by atoms with E-state index in [-0.39, 0.29) is 5.41 Å². The summed E-state index contributed by atoms with van der Waals surface area (Å²) in [6, 6.07) is 80.2. The van der Waals surface area contributed by atoms with Gasteiger partial charge in [0.2, 0.25) is 0 Å². The summed E-state index contributed by atoms with van der Waals surface area (Å²) in [5.74, 6) is 0. The highest BCUT2D eigenvalue weighted by Crippen LogP contribution is 2.60. The minimum Gasteiger partial charge on any atom is -0.0911 e. The predicted molar refractivity (Wildman–Crippen MR) is 301 cm³/mol. The molecule has 0 aliphatic heterocycles. The molecule has 334 valence electrons. The molecule has 0 fully saturated rings. The van der Waals surface area contributed by atoms with Crippen molar-refractivity contribution >= 4 is 28.2 Å². The van der Waals surface area contributed by atoms with Crippen LogP contribution in [-0.2, 0) is 16.2 Å². The number of rotatable bonds is 9. The summed E-state index contributed by atoms with van der Waals surface area (Å²) in [6.45, 7) is 16.1. The van der Waals surface area contributed by atoms with E-state index in [9.17, 15) is 0 Å². The van der Waals surface area contributed by atoms with Crippen LogP contribution >= 0.6 is 22.6 Å². The van der Waals surface area contributed by atoms with Gasteiger partial charge in [-0.05, 0) is 172 Å². The van der Waals surface area contributed by atoms with Gasteiger partial charge in [0, 0.05) is 3.58 Å². The molecule has 2 aliphatic rings. The molecule has 1 unspecified atom stereocenters. The monoisotopic (exact) mass is 998 g/mol. The summed E-state index contributed by atoms with van der Waals surface area (Å²) in [7, 11) is 0. The van der Waals surface area contributed by atoms with Crippen molar-refractivity contribution in [1.29, 1.82) is 0 Å². The minimum absolute atomic E-state index is 0.0458. The second kappa shape index (κ2) is 17.5. The number of benzene rings is 9. The molecule has 0 N–H and O–H groups in total. The Morgan fingerprint density at radius 1 is 0.449 bits per heavy atom. The van der Waals surface area contributed by atoms with E-state index in [1.54, 1.807) is 0 Å². The molecule has 9 aromatic carbocycles. The normalized spacial score (nSPS) is 15.7. The lowest BCUT2D eigenvalue weighted by Gasteiger charge is -2.35. The van der Waals surface area contributed by atoms with E-state index in [1.165, 1.54) is 89.0 Å². The molecule has 11 rings (SSSR count). The fraction of sp³-hybridized carbons (Fsp3) is 0.118. The van der Waals surface area contributed by atoms with E-state index >= 15 is 0 Å². The summed E-state index contributed by atoms with van der Waals surface area (Å²) in [6.07, 6.45) is 6.52. The van der Waals surface area contributed by atoms with Crippen molar-refractivity contribution in [1.82, 2.24) is 0 Å². The van der Waals surface area contributed by atoms with Gasteiger partial charge in [0.05, 0.1) is 10.8 Å². The second-order valence-corrected chi connectivity index (χ2v) is 21.1. The summed E-state index contributed by atoms with van der Waals surface area (Å²) in [5, 5.41) is 0. The Hall–Kier alpha value is -7.07. The van der Waals surface area contributed by atoms with Crippen LogP contribution in [0.5, 0.6) is 0 Å². The molecule has 0 saturated heterocycles. The molecule has 0 nitrogen and oxygen atoms in total. The lowest BCUT2D eigenvalue weighted by Crippen LogP contribution is -2.29. The average molecular weight is 999 g/mol. The Morgan fingerprint density at radius 3 is 1.64 bits per heavy atom. The van der Waals surface area contributed by atoms with Gasteiger partial charge in [-0.15, -0.1) is 0 Å². The van der Waals surface area contributed by atoms with E-state index < -0.39 is 10.8 Å². The SMILES string of the molecule is C=C(/C=C\C(I)=C/C)c1cc2c(cc1-c1cccc(C3(c4ccccc4)c4ccccc4-c4c(-c5ccc(C)cc5)cccc43)c1)-c1ccc(C(C)(C)C)cc1C2(c1ccccc1)c1ccccc1. The van der Waals surface area contributed by atoms with Crippen LogP contribution in [0.15, 0.2) is 241 Å². The number of fused-ring (bicyclic) bond motifs is 6. The van der Waals surface area contributed by atoms with E-state index in [0.717, 1.165) is 25.8 Å². The number of allylic oxidation sites excluding steroid dienone is 5. The molecular formula is C68H55I. The van der Waals surface area contributed by atoms with Crippen molar-refractivity contribution in [2.45, 2.75) is 50.9 Å². The Morgan fingerprint density at radius 2 is 1.00 bits per heavy atom. The number of hydrogen-bond acceptors (Lipinski definition) is 0. The van der Waals surface area contributed by atoms with Gasteiger partial charge in [-0.2, -0.15) is 0 Å². The van der Waals surface area contributed by atoms with Gasteiger partial charge in [0.1, 0.15) is 0 Å². The molecule has 69 heavy (non-hydrogen) atoms. The van der Waals surface area contributed by atoms with Crippen LogP contribution in [0, 0.1) is 6.92 Å². The summed E-state index contributed by atoms with van der Waals surface area (Å²) < 4.78 is 1.16. The lowest BCUT2D eigenvalue weighted by molar-refractivity contribution is 0.588. The third-order valence-corrected chi connectivity index (χ3v) is 15.8. The quantitative estimate of drug-likeness (QED) is 0.0999. The zero-order valence-electron chi connectivity index (χ0n) is 40.0. The van der Waals surface area contributed by atoms with Crippen LogP contribution in [0.4, 0.5) is 0 Å². The summed E-state index contributed by atoms with van der Waals surface area (Å²) in [4.78, 5) is 0. The molecule has 0 heterocycles. The van der Waals surface area contributed by atoms with Crippen molar-refractivity contribution in [3.05, 3.63) is 302 Å². The summed E-state index contributed by atoms with van der Waals surface area (Å²) in [5.41, 5.74) is 23.5. The topological polar surface area (TPSA) is 0 Å². The Kier molecular flexibility index (Phi) is 11.2. The molecule has 0 radical (unpaired) electrons. The third kappa shape index (κ3) is 7.16. The molecule has 0 amide bonds. The van der Waals surface area contributed by atoms with Crippen molar-refractivity contribution < 1.29 is 0 Å². The highest BCUT2D eigenvalue weighted by atomic mass is 127. The predicted octanol–water partition coefficient (Wildman–Crippen LogP) is 18.3. The highest BCUT2D eigenvalue weighted by Gasteiger charge is 2.49. The molecule has 9 aromatic rings. The van der Waals surface area contributed by atoms with E-state index in [0.29, 0.717) is 0 Å². The number of hydrogen-bond donors (Lipinski definition) is 0. The van der Waals surface area contributed by atoms with Crippen molar-refractivity contribution in [2.24, 2.45) is 0 Å². The molecule has 1 heteroatoms. The molecular weight excluding hydrogens is 944 g/mol. The highest BCUT2D eigenvalue weighted by molar-refractivity contribution is 14.1. The maximum Gasteiger partial charge on any atom is 0.0714 e. The largest absolute Gasteiger partial charge is 0.0911 e. The van der Waals surface area contributed by atoms with Gasteiger partial charge < -0.3 is 0 Å². The number of halogens is 1. The van der Waals surface area contributed by atoms with E-state index in [4.69, 9.17) is 6.58 Å². The van der Waals surface area contributed by atoms with Crippen LogP contribution in [-0.4, -0.2) is 0 Å². The van der Waals surface area contributed by atoms with E-state index in [1.807, 2.05) is 0 Å². The zero-order chi connectivity index (χ0) is 47.5. The van der Waals surface area contributed by atoms with Crippen molar-refractivity contribution in [3.63, 3.8) is 0 Å². The smallest absolute Gasteiger partial charge is 0.0714 e. The van der Waals surface area contributed by atoms with Crippen molar-refractivity contribution in [3.8, 4) is 44.5 Å². The van der Waals surface area contributed by atoms with Gasteiger partial charge in [-0.3, -0.25) is 0 Å². The molecule has 2 aliphatic carbocycles. The third-order valence-electron chi connectivity index (χ3n) is 14.9. The fourth-order valence-electron chi connectivity index (χ4n) is 11.6. The number of aryl methyl sites for hydroxylation is 1. The van der Waals surface area contributed by atoms with Gasteiger partial charge in [-0.1, -0.05) is 239 Å². The summed E-state index contributed by atoms with van der Waals surface area (Å²) >= 11 is 2.41. The second-order valence-electron chi connectivity index (χ2n) is 19.8. The first kappa shape index (κ1) is 44.4. The maximum atomic E-state index is 4.88. The van der Waals surface area contributed by atoms with Crippen LogP contribution in [0.2, 0.25) is 0 Å². The Labute approximate surface area is 422 Å². The van der Waals surface area contributed by atoms with Gasteiger partial charge in [0.15, 0.2) is 0 Å². The Bertz CT molecular complexity index is 3450. The minimum atomic E-state index is -0.592. The van der Waals surface area contributed by atoms with Crippen LogP contribution in [0.3, 0.4) is 0 Å². The first-order valence-corrected chi connectivity index (χ1v) is 25.2. The van der Waals surface area contributed by atoms with Gasteiger partial charge in [-0.25, -0.2) is 0 Å².